The molecular weight excluding hydrogens is 2060 g/mol. The second kappa shape index (κ2) is 47.7. The largest absolute Gasteiger partial charge is 0.497 e. The van der Waals surface area contributed by atoms with Crippen molar-refractivity contribution in [3.8, 4) is 34.5 Å². The number of nitrogens with one attached hydrogen (secondary N) is 5. The van der Waals surface area contributed by atoms with E-state index in [4.69, 9.17) is 94.1 Å². The maximum Gasteiger partial charge on any atom is 0.416 e. The highest BCUT2D eigenvalue weighted by molar-refractivity contribution is 9.10. The van der Waals surface area contributed by atoms with Crippen molar-refractivity contribution in [2.45, 2.75) is 70.1 Å². The fraction of sp³-hybridized carbons (Fsp3) is 0.279. The molecule has 6 amide bonds. The molecule has 4 unspecified atom stereocenters. The van der Waals surface area contributed by atoms with Gasteiger partial charge < -0.3 is 77.5 Å². The molecular formula is C111H110Br2Cl4N12O16. The van der Waals surface area contributed by atoms with Gasteiger partial charge in [-0.3, -0.25) is 34.6 Å². The smallest absolute Gasteiger partial charge is 0.416 e. The number of β-amino-alcohol motifs (C(OH)–C–C–N with tert-alkyl or cyclic N) is 1. The number of fused-ring (bicyclic) bond motifs is 12. The number of anilines is 1. The molecule has 0 aliphatic carbocycles. The Labute approximate surface area is 876 Å². The second-order valence-corrected chi connectivity index (χ2v) is 39.1. The van der Waals surface area contributed by atoms with E-state index >= 15 is 0 Å². The Kier molecular flexibility index (Phi) is 34.0. The second-order valence-electron chi connectivity index (χ2n) is 35.5. The van der Waals surface area contributed by atoms with Crippen LogP contribution in [0.25, 0.3) is 43.6 Å². The first-order valence-corrected chi connectivity index (χ1v) is 51.1. The SMILES string of the molecule is CCOC(=O)N1CCc2c([nH]c3ccc(Br)cc23)C1c1ccc(C(=O)N2CCN(CCO)CC2)cc1.CCOC(=O)Nc1ccc(C2c3[nH]c4ccc(Cl)cc4c3CCN2C(=O)Oc2ccc(Cl)cc2)cc1.CN(C)CCCOc1ccc(C2c3[nH]c4ccc(Cl)cc4c3CCN2C(=O)Oc2ccc(Br)cc2)cc1.COCCOc1ccc(C2c3[nH]c4ccc(Cl)cc4c3CCN2C(=O)Oc2ccc(OC)cc2)cc1. The maximum atomic E-state index is 13.4. The fourth-order valence-electron chi connectivity index (χ4n) is 19.2. The van der Waals surface area contributed by atoms with Crippen molar-refractivity contribution in [3.05, 3.63) is 345 Å². The molecule has 145 heavy (non-hydrogen) atoms. The third-order valence-electron chi connectivity index (χ3n) is 26.1. The molecule has 1 fully saturated rings. The topological polar surface area (TPSA) is 304 Å². The molecule has 1 saturated heterocycles. The monoisotopic (exact) mass is 2160 g/mol. The molecule has 34 heteroatoms. The van der Waals surface area contributed by atoms with Crippen LogP contribution in [-0.4, -0.2) is 229 Å². The van der Waals surface area contributed by atoms with Crippen LogP contribution in [-0.2, 0) is 39.9 Å². The zero-order valence-corrected chi connectivity index (χ0v) is 86.9. The van der Waals surface area contributed by atoms with Gasteiger partial charge in [-0.2, -0.15) is 0 Å². The molecule has 28 nitrogen and oxygen atoms in total. The summed E-state index contributed by atoms with van der Waals surface area (Å²) in [5.41, 5.74) is 17.4. The molecule has 15 aromatic rings. The number of carbonyl (C=O) groups is 6. The first-order valence-electron chi connectivity index (χ1n) is 48.0. The van der Waals surface area contributed by atoms with Gasteiger partial charge in [-0.15, -0.1) is 0 Å². The summed E-state index contributed by atoms with van der Waals surface area (Å²) in [5, 5.41) is 18.8. The van der Waals surface area contributed by atoms with Crippen LogP contribution in [0.2, 0.25) is 20.1 Å². The summed E-state index contributed by atoms with van der Waals surface area (Å²) in [7, 11) is 7.34. The number of piperazine rings is 1. The lowest BCUT2D eigenvalue weighted by atomic mass is 9.92. The number of benzene rings is 11. The maximum absolute atomic E-state index is 13.4. The number of nitrogens with zero attached hydrogens (tertiary/aromatic N) is 7. The van der Waals surface area contributed by atoms with Gasteiger partial charge in [-0.25, -0.2) is 24.0 Å². The lowest BCUT2D eigenvalue weighted by Crippen LogP contribution is -2.49. The van der Waals surface area contributed by atoms with Crippen LogP contribution < -0.4 is 33.7 Å². The fourth-order valence-corrected chi connectivity index (χ4v) is 20.5. The number of halogens is 6. The summed E-state index contributed by atoms with van der Waals surface area (Å²) in [6, 6.07) is 73.7. The Morgan fingerprint density at radius 1 is 0.400 bits per heavy atom. The molecule has 11 aromatic carbocycles. The molecule has 9 heterocycles. The van der Waals surface area contributed by atoms with Gasteiger partial charge in [0.15, 0.2) is 0 Å². The number of hydrogen-bond donors (Lipinski definition) is 6. The van der Waals surface area contributed by atoms with Crippen LogP contribution in [0.15, 0.2) is 252 Å². The van der Waals surface area contributed by atoms with Gasteiger partial charge in [0.25, 0.3) is 5.91 Å². The van der Waals surface area contributed by atoms with Crippen LogP contribution in [0.3, 0.4) is 0 Å². The normalized spacial score (nSPS) is 15.8. The summed E-state index contributed by atoms with van der Waals surface area (Å²) in [6.07, 6.45) is 1.57. The number of rotatable bonds is 23. The number of ether oxygens (including phenoxy) is 9. The predicted octanol–water partition coefficient (Wildman–Crippen LogP) is 24.0. The van der Waals surface area contributed by atoms with Crippen LogP contribution >= 0.6 is 78.3 Å². The molecule has 0 radical (unpaired) electrons. The average Bonchev–Trinajstić information content (AvgIpc) is 1.62. The highest BCUT2D eigenvalue weighted by atomic mass is 79.9. The van der Waals surface area contributed by atoms with Crippen molar-refractivity contribution < 1.29 is 76.5 Å². The van der Waals surface area contributed by atoms with Crippen molar-refractivity contribution in [1.29, 1.82) is 0 Å². The van der Waals surface area contributed by atoms with Crippen molar-refractivity contribution in [1.82, 2.24) is 54.2 Å². The van der Waals surface area contributed by atoms with Crippen LogP contribution in [0.1, 0.15) is 122 Å². The number of aliphatic hydroxyl groups is 1. The molecule has 0 bridgehead atoms. The van der Waals surface area contributed by atoms with Crippen LogP contribution in [0.4, 0.5) is 29.7 Å². The van der Waals surface area contributed by atoms with E-state index in [1.807, 2.05) is 176 Å². The first kappa shape index (κ1) is 103. The van der Waals surface area contributed by atoms with Gasteiger partial charge in [-0.1, -0.05) is 127 Å². The molecule has 5 aliphatic heterocycles. The van der Waals surface area contributed by atoms with Gasteiger partial charge in [0, 0.05) is 179 Å². The Morgan fingerprint density at radius 3 is 1.17 bits per heavy atom. The number of aromatic amines is 4. The molecule has 0 spiro atoms. The Balaban J connectivity index is 0.000000132. The van der Waals surface area contributed by atoms with Gasteiger partial charge in [0.2, 0.25) is 0 Å². The van der Waals surface area contributed by atoms with Gasteiger partial charge in [0.05, 0.1) is 40.1 Å². The minimum absolute atomic E-state index is 0.00671. The minimum Gasteiger partial charge on any atom is -0.497 e. The number of methoxy groups -OCH3 is 2. The molecule has 4 aromatic heterocycles. The third kappa shape index (κ3) is 24.5. The number of hydrogen-bond acceptors (Lipinski definition) is 18. The number of amides is 6. The molecule has 752 valence electrons. The summed E-state index contributed by atoms with van der Waals surface area (Å²) in [4.78, 5) is 105. The molecule has 4 atom stereocenters. The Morgan fingerprint density at radius 2 is 0.759 bits per heavy atom. The van der Waals surface area contributed by atoms with Crippen molar-refractivity contribution in [2.24, 2.45) is 0 Å². The zero-order chi connectivity index (χ0) is 101. The lowest BCUT2D eigenvalue weighted by Gasteiger charge is -2.35. The van der Waals surface area contributed by atoms with Gasteiger partial charge in [-0.05, 0) is 299 Å². The van der Waals surface area contributed by atoms with E-state index in [-0.39, 0.29) is 43.3 Å². The van der Waals surface area contributed by atoms with Gasteiger partial charge in [0.1, 0.15) is 65.3 Å². The quantitative estimate of drug-likeness (QED) is 0.0324. The number of aromatic nitrogens is 4. The van der Waals surface area contributed by atoms with E-state index < -0.39 is 30.4 Å². The summed E-state index contributed by atoms with van der Waals surface area (Å²) in [5.74, 6) is 3.62. The van der Waals surface area contributed by atoms with E-state index in [9.17, 15) is 28.8 Å². The molecule has 20 rings (SSSR count). The van der Waals surface area contributed by atoms with E-state index in [1.165, 1.54) is 11.1 Å². The Bertz CT molecular complexity index is 7090. The van der Waals surface area contributed by atoms with Gasteiger partial charge >= 0.3 is 30.5 Å². The van der Waals surface area contributed by atoms with Crippen molar-refractivity contribution in [2.75, 3.05) is 139 Å². The summed E-state index contributed by atoms with van der Waals surface area (Å²) >= 11 is 31.9. The molecule has 5 aliphatic rings. The van der Waals surface area contributed by atoms with Crippen molar-refractivity contribution >= 4 is 164 Å². The van der Waals surface area contributed by atoms with E-state index in [1.54, 1.807) is 114 Å². The number of carbonyl (C=O) groups excluding carboxylic acids is 6. The summed E-state index contributed by atoms with van der Waals surface area (Å²) in [6.45, 7) is 12.4. The highest BCUT2D eigenvalue weighted by Gasteiger charge is 2.42. The average molecular weight is 2170 g/mol. The third-order valence-corrected chi connectivity index (χ3v) is 28.1. The minimum atomic E-state index is -0.522. The van der Waals surface area contributed by atoms with E-state index in [2.05, 4.69) is 87.1 Å². The predicted molar refractivity (Wildman–Crippen MR) is 570 cm³/mol. The first-order chi connectivity index (χ1) is 70.4. The Hall–Kier alpha value is -13.2. The number of aliphatic hydroxyl groups excluding tert-OH is 1. The zero-order valence-electron chi connectivity index (χ0n) is 80.7. The van der Waals surface area contributed by atoms with Crippen LogP contribution in [0, 0.1) is 0 Å². The highest BCUT2D eigenvalue weighted by Crippen LogP contribution is 2.46. The summed E-state index contributed by atoms with van der Waals surface area (Å²) < 4.78 is 51.4. The lowest BCUT2D eigenvalue weighted by molar-refractivity contribution is 0.0614. The van der Waals surface area contributed by atoms with Crippen molar-refractivity contribution in [3.63, 3.8) is 0 Å². The number of H-pyrrole nitrogens is 4. The molecule has 0 saturated carbocycles. The van der Waals surface area contributed by atoms with E-state index in [0.717, 1.165) is 153 Å². The van der Waals surface area contributed by atoms with E-state index in [0.29, 0.717) is 146 Å². The standard InChI is InChI=1S/C29H29BrClN3O3.C28H27ClN2O5.C27H31BrN4O4.C27H23Cl2N3O4/c1-33(2)15-3-17-36-22-9-4-19(5-10-22)28-27-24(25-18-21(31)8-13-26(25)32-27)14-16-34(28)29(35)37-23-11-6-20(30)7-12-23;1-33-15-16-35-21-6-3-18(4-7-21)27-26-23(24-17-19(29)5-12-25(24)30-26)13-14-31(27)28(32)36-22-10-8-20(34-2)9-11-22;1-2-36-27(35)32-10-9-21-22-17-20(28)7-8-23(22)29-24(21)25(32)18-3-5-19(6-4-18)26(34)31-13-11-30(12-14-31)15-16-33;1-2-35-26(33)30-19-8-3-16(4-9-19)25-24-21(22-15-18(29)7-12-23(22)31-24)13-14-32(25)27(34)36-20-10-5-17(28)6-11-20/h4-13,18,28,32H,3,14-17H2,1-2H3;3-12,17,27,30H,13-16H2,1-2H3;3-8,17,25,29,33H,2,9-16H2,1H3;3-12,15,25,31H,2,13-14H2,1H3,(H,30,33). The molecule has 6 N–H and O–H groups in total. The van der Waals surface area contributed by atoms with Crippen LogP contribution in [0.5, 0.6) is 34.5 Å².